The normalized spacial score (nSPS) is 12.8. The van der Waals surface area contributed by atoms with E-state index in [-0.39, 0.29) is 0 Å². The zero-order chi connectivity index (χ0) is 13.5. The largest absolute Gasteiger partial charge is 0.496 e. The Morgan fingerprint density at radius 1 is 1.44 bits per heavy atom. The summed E-state index contributed by atoms with van der Waals surface area (Å²) < 4.78 is 6.47. The lowest BCUT2D eigenvalue weighted by molar-refractivity contribution is 0.250. The summed E-state index contributed by atoms with van der Waals surface area (Å²) in [5.41, 5.74) is 6.82. The molecular weight excluding hydrogens is 292 g/mol. The summed E-state index contributed by atoms with van der Waals surface area (Å²) in [5.74, 6) is 0.957. The van der Waals surface area contributed by atoms with Gasteiger partial charge in [0, 0.05) is 17.1 Å². The van der Waals surface area contributed by atoms with E-state index in [1.54, 1.807) is 7.11 Å². The summed E-state index contributed by atoms with van der Waals surface area (Å²) in [6.45, 7) is 3.96. The molecule has 1 unspecified atom stereocenters. The Morgan fingerprint density at radius 3 is 2.78 bits per heavy atom. The van der Waals surface area contributed by atoms with Gasteiger partial charge in [0.2, 0.25) is 0 Å². The number of rotatable bonds is 7. The molecule has 0 spiro atoms. The molecule has 1 aromatic carbocycles. The Labute approximate surface area is 118 Å². The topological polar surface area (TPSA) is 38.5 Å². The van der Waals surface area contributed by atoms with E-state index in [9.17, 15) is 0 Å². The molecule has 0 amide bonds. The number of methoxy groups -OCH3 is 1. The van der Waals surface area contributed by atoms with E-state index < -0.39 is 0 Å². The van der Waals surface area contributed by atoms with E-state index in [0.717, 1.165) is 36.2 Å². The van der Waals surface area contributed by atoms with Crippen molar-refractivity contribution in [3.63, 3.8) is 0 Å². The smallest absolute Gasteiger partial charge is 0.122 e. The molecule has 102 valence electrons. The second-order valence-corrected chi connectivity index (χ2v) is 5.53. The fourth-order valence-corrected chi connectivity index (χ4v) is 2.33. The molecule has 0 radical (unpaired) electrons. The Balaban J connectivity index is 2.59. The van der Waals surface area contributed by atoms with E-state index in [0.29, 0.717) is 6.04 Å². The molecule has 4 heteroatoms. The number of hydrogen-bond donors (Lipinski definition) is 1. The fourth-order valence-electron chi connectivity index (χ4n) is 1.92. The van der Waals surface area contributed by atoms with Crippen molar-refractivity contribution in [3.05, 3.63) is 28.2 Å². The highest BCUT2D eigenvalue weighted by Crippen LogP contribution is 2.23. The molecule has 2 N–H and O–H groups in total. The first-order chi connectivity index (χ1) is 8.58. The maximum absolute atomic E-state index is 5.59. The highest BCUT2D eigenvalue weighted by Gasteiger charge is 2.10. The predicted molar refractivity (Wildman–Crippen MR) is 80.2 cm³/mol. The number of benzene rings is 1. The minimum atomic E-state index is 0.521. The van der Waals surface area contributed by atoms with Crippen LogP contribution in [0.2, 0.25) is 0 Å². The standard InChI is InChI=1S/C14H23BrN2O/c1-11(6-8-16)17(2)9-7-12-10-13(15)4-5-14(12)18-3/h4-5,10-11H,6-9,16H2,1-3H3. The molecule has 18 heavy (non-hydrogen) atoms. The summed E-state index contributed by atoms with van der Waals surface area (Å²) in [4.78, 5) is 2.34. The van der Waals surface area contributed by atoms with Crippen LogP contribution in [0, 0.1) is 0 Å². The summed E-state index contributed by atoms with van der Waals surface area (Å²) >= 11 is 3.50. The molecular formula is C14H23BrN2O. The Hall–Kier alpha value is -0.580. The van der Waals surface area contributed by atoms with E-state index in [4.69, 9.17) is 10.5 Å². The van der Waals surface area contributed by atoms with E-state index in [1.807, 2.05) is 12.1 Å². The van der Waals surface area contributed by atoms with Gasteiger partial charge in [0.15, 0.2) is 0 Å². The molecule has 0 heterocycles. The minimum Gasteiger partial charge on any atom is -0.496 e. The van der Waals surface area contributed by atoms with Crippen molar-refractivity contribution in [2.45, 2.75) is 25.8 Å². The third-order valence-electron chi connectivity index (χ3n) is 3.31. The number of nitrogens with two attached hydrogens (primary N) is 1. The molecule has 0 aliphatic heterocycles. The first kappa shape index (κ1) is 15.5. The van der Waals surface area contributed by atoms with Crippen LogP contribution in [0.3, 0.4) is 0 Å². The van der Waals surface area contributed by atoms with Gasteiger partial charge in [0.1, 0.15) is 5.75 Å². The average Bonchev–Trinajstić information content (AvgIpc) is 2.36. The zero-order valence-electron chi connectivity index (χ0n) is 11.4. The van der Waals surface area contributed by atoms with Crippen molar-refractivity contribution in [1.29, 1.82) is 0 Å². The number of ether oxygens (including phenoxy) is 1. The van der Waals surface area contributed by atoms with Gasteiger partial charge < -0.3 is 15.4 Å². The van der Waals surface area contributed by atoms with Gasteiger partial charge in [-0.25, -0.2) is 0 Å². The molecule has 0 bridgehead atoms. The third-order valence-corrected chi connectivity index (χ3v) is 3.81. The van der Waals surface area contributed by atoms with Crippen LogP contribution in [0.25, 0.3) is 0 Å². The van der Waals surface area contributed by atoms with Gasteiger partial charge in [-0.15, -0.1) is 0 Å². The van der Waals surface area contributed by atoms with Gasteiger partial charge in [-0.2, -0.15) is 0 Å². The molecule has 3 nitrogen and oxygen atoms in total. The molecule has 0 aliphatic carbocycles. The average molecular weight is 315 g/mol. The van der Waals surface area contributed by atoms with Gasteiger partial charge in [-0.05, 0) is 57.1 Å². The van der Waals surface area contributed by atoms with E-state index >= 15 is 0 Å². The van der Waals surface area contributed by atoms with Crippen molar-refractivity contribution in [2.24, 2.45) is 5.73 Å². The lowest BCUT2D eigenvalue weighted by Crippen LogP contribution is -2.32. The van der Waals surface area contributed by atoms with Crippen LogP contribution in [0.4, 0.5) is 0 Å². The van der Waals surface area contributed by atoms with Gasteiger partial charge in [0.25, 0.3) is 0 Å². The lowest BCUT2D eigenvalue weighted by atomic mass is 10.1. The minimum absolute atomic E-state index is 0.521. The van der Waals surface area contributed by atoms with Crippen molar-refractivity contribution < 1.29 is 4.74 Å². The van der Waals surface area contributed by atoms with Crippen LogP contribution in [-0.2, 0) is 6.42 Å². The van der Waals surface area contributed by atoms with Crippen molar-refractivity contribution in [3.8, 4) is 5.75 Å². The molecule has 0 aromatic heterocycles. The van der Waals surface area contributed by atoms with Crippen LogP contribution in [0.1, 0.15) is 18.9 Å². The van der Waals surface area contributed by atoms with Crippen molar-refractivity contribution in [1.82, 2.24) is 4.90 Å². The predicted octanol–water partition coefficient (Wildman–Crippen LogP) is 2.67. The molecule has 0 saturated carbocycles. The zero-order valence-corrected chi connectivity index (χ0v) is 13.0. The van der Waals surface area contributed by atoms with Gasteiger partial charge in [0.05, 0.1) is 7.11 Å². The summed E-state index contributed by atoms with van der Waals surface area (Å²) in [6, 6.07) is 6.65. The Kier molecular flexibility index (Phi) is 6.68. The first-order valence-electron chi connectivity index (χ1n) is 6.31. The van der Waals surface area contributed by atoms with Gasteiger partial charge in [-0.1, -0.05) is 15.9 Å². The van der Waals surface area contributed by atoms with Gasteiger partial charge >= 0.3 is 0 Å². The van der Waals surface area contributed by atoms with E-state index in [2.05, 4.69) is 40.9 Å². The Morgan fingerprint density at radius 2 is 2.17 bits per heavy atom. The summed E-state index contributed by atoms with van der Waals surface area (Å²) in [7, 11) is 3.86. The fraction of sp³-hybridized carbons (Fsp3) is 0.571. The highest BCUT2D eigenvalue weighted by atomic mass is 79.9. The SMILES string of the molecule is COc1ccc(Br)cc1CCN(C)C(C)CCN. The third kappa shape index (κ3) is 4.59. The first-order valence-corrected chi connectivity index (χ1v) is 7.10. The molecule has 0 saturated heterocycles. The van der Waals surface area contributed by atoms with Crippen LogP contribution in [-0.4, -0.2) is 38.2 Å². The molecule has 0 fully saturated rings. The van der Waals surface area contributed by atoms with Crippen LogP contribution < -0.4 is 10.5 Å². The molecule has 1 rings (SSSR count). The number of halogens is 1. The van der Waals surface area contributed by atoms with Gasteiger partial charge in [-0.3, -0.25) is 0 Å². The van der Waals surface area contributed by atoms with Crippen molar-refractivity contribution in [2.75, 3.05) is 27.2 Å². The quantitative estimate of drug-likeness (QED) is 0.841. The summed E-state index contributed by atoms with van der Waals surface area (Å²) in [5, 5.41) is 0. The maximum Gasteiger partial charge on any atom is 0.122 e. The number of hydrogen-bond acceptors (Lipinski definition) is 3. The van der Waals surface area contributed by atoms with Crippen molar-refractivity contribution >= 4 is 15.9 Å². The molecule has 1 aromatic rings. The highest BCUT2D eigenvalue weighted by molar-refractivity contribution is 9.10. The number of nitrogens with zero attached hydrogens (tertiary/aromatic N) is 1. The summed E-state index contributed by atoms with van der Waals surface area (Å²) in [6.07, 6.45) is 2.01. The molecule has 1 atom stereocenters. The van der Waals surface area contributed by atoms with Crippen LogP contribution in [0.5, 0.6) is 5.75 Å². The second-order valence-electron chi connectivity index (χ2n) is 4.61. The number of likely N-dealkylation sites (N-methyl/N-ethyl adjacent to an activating group) is 1. The molecule has 0 aliphatic rings. The monoisotopic (exact) mass is 314 g/mol. The van der Waals surface area contributed by atoms with Crippen LogP contribution in [0.15, 0.2) is 22.7 Å². The lowest BCUT2D eigenvalue weighted by Gasteiger charge is -2.24. The van der Waals surface area contributed by atoms with Crippen LogP contribution >= 0.6 is 15.9 Å². The maximum atomic E-state index is 5.59. The van der Waals surface area contributed by atoms with E-state index in [1.165, 1.54) is 5.56 Å². The Bertz CT molecular complexity index is 371. The second kappa shape index (κ2) is 7.77.